The van der Waals surface area contributed by atoms with Gasteiger partial charge in [-0.1, -0.05) is 10.3 Å². The first-order chi connectivity index (χ1) is 8.50. The molecule has 0 radical (unpaired) electrons. The Hall–Kier alpha value is -2.38. The minimum Gasteiger partial charge on any atom is -0.454 e. The number of ether oxygens (including phenoxy) is 1. The molecule has 2 aromatic rings. The quantitative estimate of drug-likeness (QED) is 0.784. The molecule has 2 heterocycles. The highest BCUT2D eigenvalue weighted by atomic mass is 16.6. The minimum absolute atomic E-state index is 0.0160. The fraction of sp³-hybridized carbons (Fsp3) is 0.400. The average molecular weight is 251 g/mol. The Bertz CT molecular complexity index is 586. The summed E-state index contributed by atoms with van der Waals surface area (Å²) in [5, 5.41) is 11.2. The van der Waals surface area contributed by atoms with Crippen molar-refractivity contribution in [1.29, 1.82) is 0 Å². The number of hydrogen-bond acceptors (Lipinski definition) is 7. The van der Waals surface area contributed by atoms with E-state index in [1.165, 1.54) is 4.68 Å². The van der Waals surface area contributed by atoms with Crippen LogP contribution in [0.15, 0.2) is 4.63 Å². The summed E-state index contributed by atoms with van der Waals surface area (Å²) in [6, 6.07) is 0. The lowest BCUT2D eigenvalue weighted by Crippen LogP contribution is -2.13. The van der Waals surface area contributed by atoms with E-state index in [9.17, 15) is 4.79 Å². The van der Waals surface area contributed by atoms with Crippen molar-refractivity contribution in [2.45, 2.75) is 20.5 Å². The third kappa shape index (κ3) is 2.04. The van der Waals surface area contributed by atoms with E-state index in [1.807, 2.05) is 0 Å². The SMILES string of the molecule is Cc1nonc1COC(=O)c1c(N)c(C)nn1C. The molecule has 0 aromatic carbocycles. The molecule has 0 saturated heterocycles. The molecule has 2 rings (SSSR count). The molecule has 8 nitrogen and oxygen atoms in total. The van der Waals surface area contributed by atoms with Gasteiger partial charge in [-0.05, 0) is 13.8 Å². The summed E-state index contributed by atoms with van der Waals surface area (Å²) in [7, 11) is 1.63. The lowest BCUT2D eigenvalue weighted by atomic mass is 10.3. The van der Waals surface area contributed by atoms with Crippen LogP contribution in [0.5, 0.6) is 0 Å². The first kappa shape index (κ1) is 12.1. The highest BCUT2D eigenvalue weighted by Crippen LogP contribution is 2.17. The van der Waals surface area contributed by atoms with Gasteiger partial charge in [0, 0.05) is 7.05 Å². The second-order valence-corrected chi connectivity index (χ2v) is 3.84. The maximum atomic E-state index is 11.9. The van der Waals surface area contributed by atoms with Crippen LogP contribution in [-0.4, -0.2) is 26.1 Å². The van der Waals surface area contributed by atoms with E-state index in [0.717, 1.165) is 0 Å². The number of nitrogen functional groups attached to an aromatic ring is 1. The van der Waals surface area contributed by atoms with Gasteiger partial charge in [-0.25, -0.2) is 9.42 Å². The molecule has 8 heteroatoms. The number of esters is 1. The van der Waals surface area contributed by atoms with Crippen LogP contribution in [0.3, 0.4) is 0 Å². The zero-order chi connectivity index (χ0) is 13.3. The fourth-order valence-electron chi connectivity index (χ4n) is 1.50. The number of aryl methyl sites for hydroxylation is 3. The molecule has 0 amide bonds. The predicted molar refractivity (Wildman–Crippen MR) is 60.5 cm³/mol. The monoisotopic (exact) mass is 251 g/mol. The summed E-state index contributed by atoms with van der Waals surface area (Å²) in [6.07, 6.45) is 0. The molecule has 0 atom stereocenters. The van der Waals surface area contributed by atoms with Gasteiger partial charge in [-0.15, -0.1) is 0 Å². The van der Waals surface area contributed by atoms with E-state index in [-0.39, 0.29) is 12.3 Å². The number of hydrogen-bond donors (Lipinski definition) is 1. The third-order valence-corrected chi connectivity index (χ3v) is 2.55. The number of carbonyl (C=O) groups is 1. The summed E-state index contributed by atoms with van der Waals surface area (Å²) in [5.41, 5.74) is 7.93. The molecular weight excluding hydrogens is 238 g/mol. The van der Waals surface area contributed by atoms with E-state index in [2.05, 4.69) is 20.0 Å². The van der Waals surface area contributed by atoms with Crippen molar-refractivity contribution in [3.05, 3.63) is 22.8 Å². The first-order valence-electron chi connectivity index (χ1n) is 5.25. The molecule has 96 valence electrons. The Kier molecular flexibility index (Phi) is 3.00. The van der Waals surface area contributed by atoms with E-state index >= 15 is 0 Å². The van der Waals surface area contributed by atoms with Crippen molar-refractivity contribution < 1.29 is 14.2 Å². The van der Waals surface area contributed by atoms with Gasteiger partial charge in [0.1, 0.15) is 18.0 Å². The highest BCUT2D eigenvalue weighted by molar-refractivity contribution is 5.93. The van der Waals surface area contributed by atoms with Crippen LogP contribution in [0.2, 0.25) is 0 Å². The van der Waals surface area contributed by atoms with Gasteiger partial charge >= 0.3 is 5.97 Å². The molecule has 0 spiro atoms. The van der Waals surface area contributed by atoms with Crippen molar-refractivity contribution in [2.75, 3.05) is 5.73 Å². The van der Waals surface area contributed by atoms with Crippen LogP contribution in [0.25, 0.3) is 0 Å². The first-order valence-corrected chi connectivity index (χ1v) is 5.25. The largest absolute Gasteiger partial charge is 0.454 e. The van der Waals surface area contributed by atoms with E-state index in [4.69, 9.17) is 10.5 Å². The number of nitrogens with two attached hydrogens (primary N) is 1. The number of nitrogens with zero attached hydrogens (tertiary/aromatic N) is 4. The van der Waals surface area contributed by atoms with Gasteiger partial charge in [0.2, 0.25) is 0 Å². The summed E-state index contributed by atoms with van der Waals surface area (Å²) in [5.74, 6) is -0.557. The minimum atomic E-state index is -0.557. The number of aromatic nitrogens is 4. The van der Waals surface area contributed by atoms with Crippen LogP contribution < -0.4 is 5.73 Å². The molecule has 2 aromatic heterocycles. The van der Waals surface area contributed by atoms with Crippen molar-refractivity contribution in [1.82, 2.24) is 20.1 Å². The van der Waals surface area contributed by atoms with Gasteiger partial charge in [0.25, 0.3) is 0 Å². The Balaban J connectivity index is 2.11. The standard InChI is InChI=1S/C10H13N5O3/c1-5-7(14-18-13-5)4-17-10(16)9-8(11)6(2)12-15(9)3/h4,11H2,1-3H3. The van der Waals surface area contributed by atoms with E-state index < -0.39 is 5.97 Å². The van der Waals surface area contributed by atoms with Crippen molar-refractivity contribution in [3.63, 3.8) is 0 Å². The van der Waals surface area contributed by atoms with Crippen molar-refractivity contribution in [2.24, 2.45) is 7.05 Å². The second kappa shape index (κ2) is 4.47. The van der Waals surface area contributed by atoms with Gasteiger partial charge in [0.05, 0.1) is 11.4 Å². The van der Waals surface area contributed by atoms with Crippen molar-refractivity contribution >= 4 is 11.7 Å². The Morgan fingerprint density at radius 3 is 2.61 bits per heavy atom. The van der Waals surface area contributed by atoms with Gasteiger partial charge in [-0.3, -0.25) is 4.68 Å². The third-order valence-electron chi connectivity index (χ3n) is 2.55. The Morgan fingerprint density at radius 1 is 1.39 bits per heavy atom. The zero-order valence-corrected chi connectivity index (χ0v) is 10.3. The lowest BCUT2D eigenvalue weighted by molar-refractivity contribution is 0.0452. The van der Waals surface area contributed by atoms with Gasteiger partial charge < -0.3 is 10.5 Å². The molecule has 0 fully saturated rings. The Morgan fingerprint density at radius 2 is 2.11 bits per heavy atom. The molecule has 0 unspecified atom stereocenters. The molecule has 2 N–H and O–H groups in total. The number of rotatable bonds is 3. The van der Waals surface area contributed by atoms with E-state index in [0.29, 0.717) is 22.8 Å². The Labute approximate surface area is 103 Å². The number of carbonyl (C=O) groups excluding carboxylic acids is 1. The van der Waals surface area contributed by atoms with E-state index in [1.54, 1.807) is 20.9 Å². The summed E-state index contributed by atoms with van der Waals surface area (Å²) < 4.78 is 11.0. The van der Waals surface area contributed by atoms with Crippen LogP contribution >= 0.6 is 0 Å². The molecule has 0 aliphatic rings. The molecular formula is C10H13N5O3. The van der Waals surface area contributed by atoms with Crippen molar-refractivity contribution in [3.8, 4) is 0 Å². The maximum Gasteiger partial charge on any atom is 0.359 e. The average Bonchev–Trinajstić information content (AvgIpc) is 2.81. The normalized spacial score (nSPS) is 10.6. The second-order valence-electron chi connectivity index (χ2n) is 3.84. The zero-order valence-electron chi connectivity index (χ0n) is 10.3. The number of anilines is 1. The van der Waals surface area contributed by atoms with Crippen LogP contribution in [-0.2, 0) is 18.4 Å². The highest BCUT2D eigenvalue weighted by Gasteiger charge is 2.20. The fourth-order valence-corrected chi connectivity index (χ4v) is 1.50. The predicted octanol–water partition coefficient (Wildman–Crippen LogP) is 0.359. The molecule has 0 aliphatic heterocycles. The topological polar surface area (TPSA) is 109 Å². The molecule has 0 saturated carbocycles. The molecule has 0 bridgehead atoms. The van der Waals surface area contributed by atoms with Gasteiger partial charge in [-0.2, -0.15) is 5.10 Å². The summed E-state index contributed by atoms with van der Waals surface area (Å²) in [4.78, 5) is 11.9. The van der Waals surface area contributed by atoms with Crippen LogP contribution in [0.4, 0.5) is 5.69 Å². The van der Waals surface area contributed by atoms with Crippen LogP contribution in [0, 0.1) is 13.8 Å². The molecule has 0 aliphatic carbocycles. The lowest BCUT2D eigenvalue weighted by Gasteiger charge is -2.03. The van der Waals surface area contributed by atoms with Crippen LogP contribution in [0.1, 0.15) is 27.6 Å². The smallest absolute Gasteiger partial charge is 0.359 e. The van der Waals surface area contributed by atoms with Gasteiger partial charge in [0.15, 0.2) is 5.69 Å². The molecule has 18 heavy (non-hydrogen) atoms. The maximum absolute atomic E-state index is 11.9. The summed E-state index contributed by atoms with van der Waals surface area (Å²) >= 11 is 0. The summed E-state index contributed by atoms with van der Waals surface area (Å²) in [6.45, 7) is 3.41.